The van der Waals surface area contributed by atoms with Gasteiger partial charge in [-0.3, -0.25) is 14.6 Å². The highest BCUT2D eigenvalue weighted by Gasteiger charge is 2.27. The first kappa shape index (κ1) is 21.5. The summed E-state index contributed by atoms with van der Waals surface area (Å²) in [7, 11) is 0. The van der Waals surface area contributed by atoms with Crippen LogP contribution in [0.25, 0.3) is 11.3 Å². The van der Waals surface area contributed by atoms with E-state index < -0.39 is 35.1 Å². The Labute approximate surface area is 176 Å². The first-order chi connectivity index (χ1) is 14.4. The van der Waals surface area contributed by atoms with Crippen LogP contribution in [0, 0.1) is 17.6 Å². The first-order valence-corrected chi connectivity index (χ1v) is 10.1. The van der Waals surface area contributed by atoms with Crippen LogP contribution in [0.3, 0.4) is 0 Å². The monoisotopic (exact) mass is 430 g/mol. The number of pyridine rings is 1. The highest BCUT2D eigenvalue weighted by Crippen LogP contribution is 2.21. The Balaban J connectivity index is 1.65. The van der Waals surface area contributed by atoms with Crippen LogP contribution in [0.15, 0.2) is 48.1 Å². The van der Waals surface area contributed by atoms with Gasteiger partial charge in [-0.2, -0.15) is 0 Å². The van der Waals surface area contributed by atoms with Crippen LogP contribution < -0.4 is 10.6 Å². The molecule has 0 aliphatic carbocycles. The number of hydrogen-bond acceptors (Lipinski definition) is 5. The number of amides is 2. The fraction of sp³-hybridized carbons (Fsp3) is 0.238. The number of aromatic nitrogens is 2. The van der Waals surface area contributed by atoms with Crippen LogP contribution in [0.5, 0.6) is 0 Å². The lowest BCUT2D eigenvalue weighted by atomic mass is 10.0. The Kier molecular flexibility index (Phi) is 6.83. The minimum absolute atomic E-state index is 0.168. The Morgan fingerprint density at radius 1 is 1.10 bits per heavy atom. The van der Waals surface area contributed by atoms with Gasteiger partial charge in [0.1, 0.15) is 28.2 Å². The van der Waals surface area contributed by atoms with Crippen LogP contribution >= 0.6 is 11.3 Å². The average molecular weight is 430 g/mol. The third-order valence-corrected chi connectivity index (χ3v) is 5.22. The molecule has 1 aromatic carbocycles. The zero-order valence-corrected chi connectivity index (χ0v) is 17.2. The molecule has 0 aliphatic heterocycles. The van der Waals surface area contributed by atoms with E-state index in [9.17, 15) is 18.4 Å². The number of nitrogens with zero attached hydrogens (tertiary/aromatic N) is 2. The van der Waals surface area contributed by atoms with Crippen molar-refractivity contribution in [2.45, 2.75) is 26.4 Å². The zero-order chi connectivity index (χ0) is 21.7. The molecule has 2 N–H and O–H groups in total. The van der Waals surface area contributed by atoms with Crippen molar-refractivity contribution in [3.8, 4) is 11.3 Å². The maximum Gasteiger partial charge on any atom is 0.257 e. The minimum Gasteiger partial charge on any atom is -0.348 e. The fourth-order valence-electron chi connectivity index (χ4n) is 2.78. The highest BCUT2D eigenvalue weighted by atomic mass is 32.1. The first-order valence-electron chi connectivity index (χ1n) is 9.24. The molecule has 2 aromatic heterocycles. The normalized spacial score (nSPS) is 11.9. The van der Waals surface area contributed by atoms with Crippen molar-refractivity contribution in [2.24, 2.45) is 5.92 Å². The largest absolute Gasteiger partial charge is 0.348 e. The van der Waals surface area contributed by atoms with Gasteiger partial charge in [0.15, 0.2) is 0 Å². The standard InChI is InChI=1S/C21H20F2N4O2S/c1-12(2)19(27-20(28)18-14(22)4-3-5-15(18)23)21(29)25-10-17-26-16(11-30-17)13-6-8-24-9-7-13/h3-9,11-12,19H,10H2,1-2H3,(H,25,29)(H,27,28). The van der Waals surface area contributed by atoms with Crippen LogP contribution in [-0.2, 0) is 11.3 Å². The Bertz CT molecular complexity index is 1020. The van der Waals surface area contributed by atoms with Crippen molar-refractivity contribution in [1.29, 1.82) is 0 Å². The van der Waals surface area contributed by atoms with Gasteiger partial charge in [0.05, 0.1) is 12.2 Å². The molecule has 9 heteroatoms. The lowest BCUT2D eigenvalue weighted by molar-refractivity contribution is -0.124. The number of hydrogen-bond donors (Lipinski definition) is 2. The minimum atomic E-state index is -0.984. The molecule has 1 atom stereocenters. The molecule has 0 radical (unpaired) electrons. The summed E-state index contributed by atoms with van der Waals surface area (Å²) in [4.78, 5) is 33.4. The van der Waals surface area contributed by atoms with Crippen molar-refractivity contribution in [3.05, 3.63) is 70.3 Å². The van der Waals surface area contributed by atoms with Gasteiger partial charge < -0.3 is 10.6 Å². The summed E-state index contributed by atoms with van der Waals surface area (Å²) in [6, 6.07) is 5.86. The predicted molar refractivity (Wildman–Crippen MR) is 110 cm³/mol. The molecule has 1 unspecified atom stereocenters. The summed E-state index contributed by atoms with van der Waals surface area (Å²) >= 11 is 1.39. The summed E-state index contributed by atoms with van der Waals surface area (Å²) in [5.74, 6) is -3.71. The van der Waals surface area contributed by atoms with Crippen LogP contribution in [0.2, 0.25) is 0 Å². The summed E-state index contributed by atoms with van der Waals surface area (Å²) in [6.07, 6.45) is 3.34. The number of carbonyl (C=O) groups excluding carboxylic acids is 2. The second kappa shape index (κ2) is 9.53. The van der Waals surface area contributed by atoms with Crippen LogP contribution in [0.4, 0.5) is 8.78 Å². The van der Waals surface area contributed by atoms with E-state index in [1.807, 2.05) is 17.5 Å². The molecule has 30 heavy (non-hydrogen) atoms. The molecule has 0 saturated carbocycles. The van der Waals surface area contributed by atoms with Gasteiger partial charge in [-0.1, -0.05) is 19.9 Å². The van der Waals surface area contributed by atoms with Gasteiger partial charge in [-0.15, -0.1) is 11.3 Å². The van der Waals surface area contributed by atoms with E-state index in [-0.39, 0.29) is 12.5 Å². The van der Waals surface area contributed by atoms with E-state index in [1.165, 1.54) is 17.4 Å². The molecule has 0 bridgehead atoms. The van der Waals surface area contributed by atoms with E-state index >= 15 is 0 Å². The maximum absolute atomic E-state index is 13.9. The third kappa shape index (κ3) is 5.04. The van der Waals surface area contributed by atoms with Crippen LogP contribution in [-0.4, -0.2) is 27.8 Å². The number of nitrogens with one attached hydrogen (secondary N) is 2. The quantitative estimate of drug-likeness (QED) is 0.600. The van der Waals surface area contributed by atoms with Crippen molar-refractivity contribution in [1.82, 2.24) is 20.6 Å². The predicted octanol–water partition coefficient (Wildman–Crippen LogP) is 3.55. The molecule has 0 saturated heterocycles. The van der Waals surface area contributed by atoms with Gasteiger partial charge in [-0.05, 0) is 30.2 Å². The Morgan fingerprint density at radius 3 is 2.40 bits per heavy atom. The number of thiazole rings is 1. The topological polar surface area (TPSA) is 84.0 Å². The molecular weight excluding hydrogens is 410 g/mol. The number of rotatable bonds is 7. The van der Waals surface area contributed by atoms with Gasteiger partial charge in [0.2, 0.25) is 5.91 Å². The van der Waals surface area contributed by atoms with Crippen LogP contribution in [0.1, 0.15) is 29.2 Å². The van der Waals surface area contributed by atoms with Gasteiger partial charge in [0.25, 0.3) is 5.91 Å². The van der Waals surface area contributed by atoms with E-state index in [2.05, 4.69) is 20.6 Å². The number of benzene rings is 1. The van der Waals surface area contributed by atoms with Gasteiger partial charge >= 0.3 is 0 Å². The number of carbonyl (C=O) groups is 2. The lowest BCUT2D eigenvalue weighted by Crippen LogP contribution is -2.49. The van der Waals surface area contributed by atoms with E-state index in [0.717, 1.165) is 23.4 Å². The second-order valence-corrected chi connectivity index (χ2v) is 7.81. The Morgan fingerprint density at radius 2 is 1.77 bits per heavy atom. The summed E-state index contributed by atoms with van der Waals surface area (Å²) < 4.78 is 27.7. The van der Waals surface area contributed by atoms with Gasteiger partial charge in [-0.25, -0.2) is 13.8 Å². The molecule has 156 valence electrons. The number of halogens is 2. The third-order valence-electron chi connectivity index (χ3n) is 4.37. The van der Waals surface area contributed by atoms with E-state index in [4.69, 9.17) is 0 Å². The zero-order valence-electron chi connectivity index (χ0n) is 16.4. The molecule has 6 nitrogen and oxygen atoms in total. The lowest BCUT2D eigenvalue weighted by Gasteiger charge is -2.21. The maximum atomic E-state index is 13.9. The fourth-order valence-corrected chi connectivity index (χ4v) is 3.53. The molecule has 0 aliphatic rings. The molecule has 2 amide bonds. The smallest absolute Gasteiger partial charge is 0.257 e. The summed E-state index contributed by atoms with van der Waals surface area (Å²) in [5, 5.41) is 7.71. The van der Waals surface area contributed by atoms with Crippen molar-refractivity contribution in [2.75, 3.05) is 0 Å². The highest BCUT2D eigenvalue weighted by molar-refractivity contribution is 7.09. The SMILES string of the molecule is CC(C)C(NC(=O)c1c(F)cccc1F)C(=O)NCc1nc(-c2ccncc2)cs1. The second-order valence-electron chi connectivity index (χ2n) is 6.87. The van der Waals surface area contributed by atoms with Crippen molar-refractivity contribution in [3.63, 3.8) is 0 Å². The van der Waals surface area contributed by atoms with Gasteiger partial charge in [0, 0.05) is 23.3 Å². The molecule has 0 fully saturated rings. The van der Waals surface area contributed by atoms with Crippen molar-refractivity contribution < 1.29 is 18.4 Å². The van der Waals surface area contributed by atoms with E-state index in [1.54, 1.807) is 26.2 Å². The molecule has 3 aromatic rings. The molecule has 0 spiro atoms. The summed E-state index contributed by atoms with van der Waals surface area (Å²) in [6.45, 7) is 3.63. The Hall–Kier alpha value is -3.20. The summed E-state index contributed by atoms with van der Waals surface area (Å²) in [5.41, 5.74) is 0.978. The average Bonchev–Trinajstić information content (AvgIpc) is 3.19. The van der Waals surface area contributed by atoms with E-state index in [0.29, 0.717) is 5.01 Å². The molecule has 3 rings (SSSR count). The molecule has 2 heterocycles. The van der Waals surface area contributed by atoms with Crippen molar-refractivity contribution >= 4 is 23.2 Å². The molecular formula is C21H20F2N4O2S.